The van der Waals surface area contributed by atoms with Crippen molar-refractivity contribution in [1.82, 2.24) is 0 Å². The van der Waals surface area contributed by atoms with E-state index in [1.165, 1.54) is 5.41 Å². The molecule has 1 atom stereocenters. The van der Waals surface area contributed by atoms with E-state index in [4.69, 9.17) is 0 Å². The van der Waals surface area contributed by atoms with Crippen LogP contribution in [0.3, 0.4) is 0 Å². The molecule has 2 aliphatic heterocycles. The van der Waals surface area contributed by atoms with Gasteiger partial charge in [-0.15, -0.1) is 0 Å². The highest BCUT2D eigenvalue weighted by molar-refractivity contribution is 7.98. The Morgan fingerprint density at radius 2 is 1.87 bits per heavy atom. The third-order valence-corrected chi connectivity index (χ3v) is 3.93. The summed E-state index contributed by atoms with van der Waals surface area (Å²) in [5.41, 5.74) is 0. The van der Waals surface area contributed by atoms with Gasteiger partial charge in [0.05, 0.1) is 28.8 Å². The lowest BCUT2D eigenvalue weighted by molar-refractivity contribution is 0.354. The molecule has 0 bridgehead atoms. The Labute approximate surface area is 91.4 Å². The summed E-state index contributed by atoms with van der Waals surface area (Å²) in [5.74, 6) is 3.49. The minimum Gasteiger partial charge on any atom is -0.291 e. The topological polar surface area (TPSA) is 69.7 Å². The van der Waals surface area contributed by atoms with Gasteiger partial charge in [-0.3, -0.25) is 8.37 Å². The van der Waals surface area contributed by atoms with Crippen LogP contribution >= 0.6 is 0 Å². The van der Waals surface area contributed by atoms with Gasteiger partial charge in [0.15, 0.2) is 0 Å². The summed E-state index contributed by atoms with van der Waals surface area (Å²) in [4.78, 5) is 0. The first-order chi connectivity index (χ1) is 6.41. The van der Waals surface area contributed by atoms with Gasteiger partial charge in [0.25, 0.3) is 10.1 Å². The lowest BCUT2D eigenvalue weighted by atomic mass is 10.5. The Kier molecular flexibility index (Phi) is 5.50. The molecular weight excluding hydrogens is 240 g/mol. The Morgan fingerprint density at radius 1 is 1.20 bits per heavy atom. The van der Waals surface area contributed by atoms with Gasteiger partial charge in [0.2, 0.25) is 0 Å². The van der Waals surface area contributed by atoms with Gasteiger partial charge in [-0.2, -0.15) is 8.42 Å². The van der Waals surface area contributed by atoms with Gasteiger partial charge >= 0.3 is 0 Å². The molecule has 0 amide bonds. The fourth-order valence-electron chi connectivity index (χ4n) is 0.860. The quantitative estimate of drug-likeness (QED) is 0.467. The summed E-state index contributed by atoms with van der Waals surface area (Å²) in [6.07, 6.45) is 2.36. The molecule has 90 valence electrons. The van der Waals surface area contributed by atoms with E-state index in [1.807, 2.05) is 0 Å². The second-order valence-corrected chi connectivity index (χ2v) is 6.35. The van der Waals surface area contributed by atoms with Crippen LogP contribution in [0, 0.1) is 0 Å². The molecule has 15 heavy (non-hydrogen) atoms. The second kappa shape index (κ2) is 5.64. The lowest BCUT2D eigenvalue weighted by Gasteiger charge is -1.90. The molecule has 0 aromatic heterocycles. The van der Waals surface area contributed by atoms with Crippen LogP contribution < -0.4 is 0 Å². The molecule has 0 aromatic rings. The Balaban J connectivity index is 0.000000245. The Morgan fingerprint density at radius 3 is 2.00 bits per heavy atom. The minimum absolute atomic E-state index is 0. The van der Waals surface area contributed by atoms with E-state index < -0.39 is 19.9 Å². The molecule has 0 N–H and O–H groups in total. The molecule has 2 aliphatic rings. The summed E-state index contributed by atoms with van der Waals surface area (Å²) in [6, 6.07) is 0. The lowest BCUT2D eigenvalue weighted by Crippen LogP contribution is -1.96. The summed E-state index contributed by atoms with van der Waals surface area (Å²) < 4.78 is 39.9. The molecule has 1 fully saturated rings. The van der Waals surface area contributed by atoms with Crippen molar-refractivity contribution in [2.75, 3.05) is 19.0 Å². The zero-order valence-corrected chi connectivity index (χ0v) is 9.18. The average molecular weight is 256 g/mol. The van der Waals surface area contributed by atoms with Gasteiger partial charge in [0.1, 0.15) is 0 Å². The monoisotopic (exact) mass is 256 g/mol. The third kappa shape index (κ3) is 5.93. The average Bonchev–Trinajstić information content (AvgIpc) is 2.60. The predicted octanol–water partition coefficient (Wildman–Crippen LogP) is 0.534. The molecule has 0 spiro atoms. The molecule has 0 saturated carbocycles. The Hall–Kier alpha value is -0.370. The van der Waals surface area contributed by atoms with Crippen LogP contribution in [0.1, 0.15) is 13.8 Å². The summed E-state index contributed by atoms with van der Waals surface area (Å²) in [6.45, 7) is 0.824. The van der Waals surface area contributed by atoms with E-state index in [9.17, 15) is 12.6 Å². The van der Waals surface area contributed by atoms with E-state index >= 15 is 0 Å². The van der Waals surface area contributed by atoms with E-state index in [1.54, 1.807) is 6.08 Å². The molecule has 2 heterocycles. The number of hydrogen-bond donors (Lipinski definition) is 0. The molecule has 0 aromatic carbocycles. The van der Waals surface area contributed by atoms with Crippen molar-refractivity contribution in [2.45, 2.75) is 13.8 Å². The van der Waals surface area contributed by atoms with Gasteiger partial charge in [-0.1, -0.05) is 7.43 Å². The van der Waals surface area contributed by atoms with Crippen LogP contribution in [0.5, 0.6) is 0 Å². The van der Waals surface area contributed by atoms with Crippen LogP contribution in [0.4, 0.5) is 0 Å². The molecule has 2 rings (SSSR count). The molecule has 7 heteroatoms. The highest BCUT2D eigenvalue weighted by atomic mass is 32.2. The second-order valence-electron chi connectivity index (χ2n) is 2.76. The van der Waals surface area contributed by atoms with Crippen LogP contribution in [0.15, 0.2) is 11.5 Å². The Bertz CT molecular complexity index is 392. The van der Waals surface area contributed by atoms with Crippen molar-refractivity contribution in [1.29, 1.82) is 0 Å². The molecule has 1 unspecified atom stereocenters. The first-order valence-electron chi connectivity index (χ1n) is 3.97. The van der Waals surface area contributed by atoms with Crippen LogP contribution in [0.2, 0.25) is 0 Å². The molecular formula is C8H16O5S2. The molecule has 0 radical (unpaired) electrons. The highest BCUT2D eigenvalue weighted by Crippen LogP contribution is 2.04. The van der Waals surface area contributed by atoms with Crippen LogP contribution in [-0.2, 0) is 28.3 Å². The van der Waals surface area contributed by atoms with Gasteiger partial charge in [-0.25, -0.2) is 4.21 Å². The maximum absolute atomic E-state index is 10.6. The van der Waals surface area contributed by atoms with Crippen LogP contribution in [0.25, 0.3) is 0 Å². The normalized spacial score (nSPS) is 31.5. The highest BCUT2D eigenvalue weighted by Gasteiger charge is 2.16. The molecule has 1 saturated heterocycles. The van der Waals surface area contributed by atoms with Gasteiger partial charge < -0.3 is 0 Å². The van der Waals surface area contributed by atoms with Crippen molar-refractivity contribution in [3.8, 4) is 0 Å². The first kappa shape index (κ1) is 14.6. The van der Waals surface area contributed by atoms with E-state index in [0.29, 0.717) is 19.6 Å². The maximum Gasteiger partial charge on any atom is 0.267 e. The van der Waals surface area contributed by atoms with E-state index in [0.717, 1.165) is 0 Å². The first-order valence-corrected chi connectivity index (χ1v) is 7.26. The zero-order chi connectivity index (χ0) is 10.7. The standard InChI is InChI=1S/C4H6O2S.C3H6O3S.CH4/c1-7(5)4-2-3-6-7;4-7(5)3-1-2-6-7;/h2,4H,1,3H2;1-3H2;1H4. The maximum atomic E-state index is 10.6. The summed E-state index contributed by atoms with van der Waals surface area (Å²) in [5, 5.41) is 1.49. The van der Waals surface area contributed by atoms with Crippen molar-refractivity contribution in [2.24, 2.45) is 0 Å². The van der Waals surface area contributed by atoms with E-state index in [2.05, 4.69) is 14.2 Å². The van der Waals surface area contributed by atoms with Crippen molar-refractivity contribution >= 4 is 25.8 Å². The zero-order valence-electron chi connectivity index (χ0n) is 7.55. The third-order valence-electron chi connectivity index (χ3n) is 1.47. The van der Waals surface area contributed by atoms with Crippen molar-refractivity contribution < 1.29 is 21.0 Å². The van der Waals surface area contributed by atoms with Gasteiger partial charge in [0, 0.05) is 5.41 Å². The number of rotatable bonds is 0. The molecule has 0 aliphatic carbocycles. The fraction of sp³-hybridized carbons (Fsp3) is 0.625. The SMILES string of the molecule is C.C=S1(=O)C=CCO1.O=S1(=O)CCCO1. The largest absolute Gasteiger partial charge is 0.291 e. The summed E-state index contributed by atoms with van der Waals surface area (Å²) >= 11 is 0. The summed E-state index contributed by atoms with van der Waals surface area (Å²) in [7, 11) is -5.27. The predicted molar refractivity (Wildman–Crippen MR) is 61.4 cm³/mol. The number of hydrogen-bond acceptors (Lipinski definition) is 5. The minimum atomic E-state index is -3.05. The smallest absolute Gasteiger partial charge is 0.267 e. The van der Waals surface area contributed by atoms with Crippen molar-refractivity contribution in [3.63, 3.8) is 0 Å². The van der Waals surface area contributed by atoms with Gasteiger partial charge in [-0.05, 0) is 18.4 Å². The van der Waals surface area contributed by atoms with E-state index in [-0.39, 0.29) is 13.2 Å². The van der Waals surface area contributed by atoms with Crippen molar-refractivity contribution in [3.05, 3.63) is 11.5 Å². The van der Waals surface area contributed by atoms with Crippen LogP contribution in [-0.4, -0.2) is 37.5 Å². The fourth-order valence-corrected chi connectivity index (χ4v) is 2.58. The molecule has 5 nitrogen and oxygen atoms in total.